The molecule has 0 atom stereocenters. The van der Waals surface area contributed by atoms with Crippen LogP contribution in [0.5, 0.6) is 5.75 Å². The number of hydrogen-bond acceptors (Lipinski definition) is 5. The standard InChI is InChI=1S/C25H18BrClN2O3S2/c1-15-5-10-19(13-21(15)27)29-24(31)22(34-25(29)33)12-16-3-2-4-20(11-16)32-14-23(30)28-18-8-6-17(26)7-9-18/h2-13H,14H2,1H3,(H,28,30)/b22-12-. The van der Waals surface area contributed by atoms with E-state index >= 15 is 0 Å². The summed E-state index contributed by atoms with van der Waals surface area (Å²) in [6.45, 7) is 1.76. The van der Waals surface area contributed by atoms with Gasteiger partial charge in [-0.2, -0.15) is 0 Å². The lowest BCUT2D eigenvalue weighted by Gasteiger charge is -2.15. The average molecular weight is 574 g/mol. The van der Waals surface area contributed by atoms with E-state index in [1.165, 1.54) is 16.7 Å². The lowest BCUT2D eigenvalue weighted by atomic mass is 10.2. The van der Waals surface area contributed by atoms with Crippen LogP contribution in [0.3, 0.4) is 0 Å². The lowest BCUT2D eigenvalue weighted by Crippen LogP contribution is -2.27. The van der Waals surface area contributed by atoms with Gasteiger partial charge in [0, 0.05) is 15.2 Å². The van der Waals surface area contributed by atoms with Gasteiger partial charge in [-0.05, 0) is 72.7 Å². The zero-order chi connectivity index (χ0) is 24.2. The highest BCUT2D eigenvalue weighted by atomic mass is 79.9. The molecule has 1 heterocycles. The first-order valence-corrected chi connectivity index (χ1v) is 12.5. The molecule has 9 heteroatoms. The Morgan fingerprint density at radius 2 is 1.94 bits per heavy atom. The number of carbonyl (C=O) groups is 2. The number of amides is 2. The minimum absolute atomic E-state index is 0.143. The Hall–Kier alpha value is -2.65. The van der Waals surface area contributed by atoms with Crippen LogP contribution in [-0.2, 0) is 9.59 Å². The van der Waals surface area contributed by atoms with Crippen molar-refractivity contribution < 1.29 is 14.3 Å². The van der Waals surface area contributed by atoms with Crippen LogP contribution in [0.1, 0.15) is 11.1 Å². The maximum atomic E-state index is 13.0. The number of aryl methyl sites for hydroxylation is 1. The first kappa shape index (κ1) is 24.5. The quantitative estimate of drug-likeness (QED) is 0.259. The number of rotatable bonds is 6. The Morgan fingerprint density at radius 1 is 1.18 bits per heavy atom. The maximum Gasteiger partial charge on any atom is 0.270 e. The number of thiocarbonyl (C=S) groups is 1. The Bertz CT molecular complexity index is 1310. The van der Waals surface area contributed by atoms with E-state index in [0.717, 1.165) is 15.6 Å². The van der Waals surface area contributed by atoms with Gasteiger partial charge in [-0.1, -0.05) is 69.7 Å². The van der Waals surface area contributed by atoms with E-state index in [0.29, 0.717) is 31.4 Å². The number of benzene rings is 3. The van der Waals surface area contributed by atoms with Gasteiger partial charge in [-0.25, -0.2) is 0 Å². The first-order valence-electron chi connectivity index (χ1n) is 10.1. The fraction of sp³-hybridized carbons (Fsp3) is 0.0800. The van der Waals surface area contributed by atoms with Crippen LogP contribution in [0.15, 0.2) is 76.1 Å². The molecule has 0 unspecified atom stereocenters. The summed E-state index contributed by atoms with van der Waals surface area (Å²) in [7, 11) is 0. The summed E-state index contributed by atoms with van der Waals surface area (Å²) in [5.41, 5.74) is 3.00. The summed E-state index contributed by atoms with van der Waals surface area (Å²) in [5.74, 6) is 0.0287. The molecule has 0 aromatic heterocycles. The predicted octanol–water partition coefficient (Wildman–Crippen LogP) is 6.83. The normalized spacial score (nSPS) is 14.6. The second kappa shape index (κ2) is 10.7. The van der Waals surface area contributed by atoms with Crippen LogP contribution in [0.2, 0.25) is 5.02 Å². The Labute approximate surface area is 220 Å². The second-order valence-electron chi connectivity index (χ2n) is 7.37. The van der Waals surface area contributed by atoms with Crippen molar-refractivity contribution in [2.45, 2.75) is 6.92 Å². The van der Waals surface area contributed by atoms with E-state index in [1.807, 2.05) is 37.3 Å². The summed E-state index contributed by atoms with van der Waals surface area (Å²) < 4.78 is 7.01. The van der Waals surface area contributed by atoms with Crippen molar-refractivity contribution in [2.75, 3.05) is 16.8 Å². The summed E-state index contributed by atoms with van der Waals surface area (Å²) in [4.78, 5) is 27.2. The molecule has 1 fully saturated rings. The molecule has 1 aliphatic rings. The van der Waals surface area contributed by atoms with Crippen molar-refractivity contribution in [1.29, 1.82) is 0 Å². The van der Waals surface area contributed by atoms with Gasteiger partial charge in [0.05, 0.1) is 10.6 Å². The van der Waals surface area contributed by atoms with Crippen molar-refractivity contribution in [1.82, 2.24) is 0 Å². The Balaban J connectivity index is 1.43. The third kappa shape index (κ3) is 5.88. The molecule has 1 aliphatic heterocycles. The van der Waals surface area contributed by atoms with Gasteiger partial charge in [-0.3, -0.25) is 14.5 Å². The molecular weight excluding hydrogens is 556 g/mol. The van der Waals surface area contributed by atoms with E-state index in [1.54, 1.807) is 42.5 Å². The van der Waals surface area contributed by atoms with Crippen molar-refractivity contribution in [3.8, 4) is 5.75 Å². The molecule has 3 aromatic carbocycles. The van der Waals surface area contributed by atoms with Crippen molar-refractivity contribution in [2.24, 2.45) is 0 Å². The third-order valence-corrected chi connectivity index (χ3v) is 7.10. The zero-order valence-electron chi connectivity index (χ0n) is 17.9. The fourth-order valence-electron chi connectivity index (χ4n) is 3.14. The smallest absolute Gasteiger partial charge is 0.270 e. The van der Waals surface area contributed by atoms with Gasteiger partial charge >= 0.3 is 0 Å². The number of carbonyl (C=O) groups excluding carboxylic acids is 2. The monoisotopic (exact) mass is 572 g/mol. The highest BCUT2D eigenvalue weighted by Crippen LogP contribution is 2.37. The summed E-state index contributed by atoms with van der Waals surface area (Å²) in [6.07, 6.45) is 1.75. The number of thioether (sulfide) groups is 1. The van der Waals surface area contributed by atoms with Crippen molar-refractivity contribution >= 4 is 85.1 Å². The van der Waals surface area contributed by atoms with Crippen molar-refractivity contribution in [3.63, 3.8) is 0 Å². The topological polar surface area (TPSA) is 58.6 Å². The lowest BCUT2D eigenvalue weighted by molar-refractivity contribution is -0.118. The molecule has 0 aliphatic carbocycles. The van der Waals surface area contributed by atoms with E-state index in [4.69, 9.17) is 28.6 Å². The molecule has 34 heavy (non-hydrogen) atoms. The van der Waals surface area contributed by atoms with E-state index < -0.39 is 0 Å². The van der Waals surface area contributed by atoms with Crippen LogP contribution in [0.25, 0.3) is 6.08 Å². The number of anilines is 2. The molecule has 0 saturated carbocycles. The van der Waals surface area contributed by atoms with Gasteiger partial charge < -0.3 is 10.1 Å². The number of ether oxygens (including phenoxy) is 1. The van der Waals surface area contributed by atoms with Gasteiger partial charge in [0.25, 0.3) is 11.8 Å². The molecule has 2 amide bonds. The van der Waals surface area contributed by atoms with Crippen LogP contribution in [0.4, 0.5) is 11.4 Å². The summed E-state index contributed by atoms with van der Waals surface area (Å²) >= 11 is 16.2. The van der Waals surface area contributed by atoms with Crippen LogP contribution >= 0.6 is 51.5 Å². The first-order chi connectivity index (χ1) is 16.3. The molecule has 0 bridgehead atoms. The minimum Gasteiger partial charge on any atom is -0.484 e. The zero-order valence-corrected chi connectivity index (χ0v) is 21.9. The highest BCUT2D eigenvalue weighted by molar-refractivity contribution is 9.10. The molecule has 172 valence electrons. The van der Waals surface area contributed by atoms with Gasteiger partial charge in [0.2, 0.25) is 0 Å². The number of nitrogens with zero attached hydrogens (tertiary/aromatic N) is 1. The highest BCUT2D eigenvalue weighted by Gasteiger charge is 2.33. The Morgan fingerprint density at radius 3 is 2.68 bits per heavy atom. The molecule has 1 saturated heterocycles. The number of nitrogens with one attached hydrogen (secondary N) is 1. The van der Waals surface area contributed by atoms with E-state index in [2.05, 4.69) is 21.2 Å². The maximum absolute atomic E-state index is 13.0. The summed E-state index contributed by atoms with van der Waals surface area (Å²) in [6, 6.07) is 19.9. The molecule has 1 N–H and O–H groups in total. The largest absolute Gasteiger partial charge is 0.484 e. The molecule has 0 radical (unpaired) electrons. The predicted molar refractivity (Wildman–Crippen MR) is 147 cm³/mol. The van der Waals surface area contributed by atoms with E-state index in [9.17, 15) is 9.59 Å². The molecule has 4 rings (SSSR count). The molecule has 0 spiro atoms. The van der Waals surface area contributed by atoms with E-state index in [-0.39, 0.29) is 18.4 Å². The summed E-state index contributed by atoms with van der Waals surface area (Å²) in [5, 5.41) is 3.35. The minimum atomic E-state index is -0.273. The van der Waals surface area contributed by atoms with Crippen LogP contribution < -0.4 is 15.0 Å². The molecular formula is C25H18BrClN2O3S2. The van der Waals surface area contributed by atoms with Crippen LogP contribution in [-0.4, -0.2) is 22.7 Å². The Kier molecular flexibility index (Phi) is 7.73. The van der Waals surface area contributed by atoms with Gasteiger partial charge in [-0.15, -0.1) is 0 Å². The van der Waals surface area contributed by atoms with Crippen molar-refractivity contribution in [3.05, 3.63) is 92.3 Å². The van der Waals surface area contributed by atoms with Gasteiger partial charge in [0.15, 0.2) is 10.9 Å². The van der Waals surface area contributed by atoms with Gasteiger partial charge in [0.1, 0.15) is 5.75 Å². The third-order valence-electron chi connectivity index (χ3n) is 4.86. The molecule has 3 aromatic rings. The average Bonchev–Trinajstić information content (AvgIpc) is 3.09. The number of halogens is 2. The SMILES string of the molecule is Cc1ccc(N2C(=O)/C(=C/c3cccc(OCC(=O)Nc4ccc(Br)cc4)c3)SC2=S)cc1Cl. The fourth-order valence-corrected chi connectivity index (χ4v) is 4.87. The molecule has 5 nitrogen and oxygen atoms in total. The van der Waals surface area contributed by atoms with Crippen LogP contribution in [0, 0.1) is 6.92 Å². The number of hydrogen-bond donors (Lipinski definition) is 1. The second-order valence-corrected chi connectivity index (χ2v) is 10.4.